The lowest BCUT2D eigenvalue weighted by molar-refractivity contribution is 0.0985. The number of carbonyl (C=O) groups is 1. The van der Waals surface area contributed by atoms with Crippen molar-refractivity contribution in [3.05, 3.63) is 112 Å². The highest BCUT2D eigenvalue weighted by Crippen LogP contribution is 2.31. The van der Waals surface area contributed by atoms with Crippen LogP contribution in [0.25, 0.3) is 22.2 Å². The van der Waals surface area contributed by atoms with E-state index in [1.165, 1.54) is 86.2 Å². The van der Waals surface area contributed by atoms with Crippen LogP contribution in [0.1, 0.15) is 15.9 Å². The van der Waals surface area contributed by atoms with Gasteiger partial charge in [0.25, 0.3) is 0 Å². The first-order chi connectivity index (χ1) is 18.9. The number of ether oxygens (including phenoxy) is 2. The lowest BCUT2D eigenvalue weighted by Crippen LogP contribution is -2.23. The average molecular weight is 529 g/mol. The Morgan fingerprint density at radius 3 is 2.46 bits per heavy atom. The van der Waals surface area contributed by atoms with Crippen molar-refractivity contribution in [2.24, 2.45) is 0 Å². The van der Waals surface area contributed by atoms with Crippen LogP contribution in [0.15, 0.2) is 84.2 Å². The van der Waals surface area contributed by atoms with E-state index in [1.807, 2.05) is 0 Å². The monoisotopic (exact) mass is 529 g/mol. The van der Waals surface area contributed by atoms with Crippen LogP contribution in [0.4, 0.5) is 8.78 Å². The van der Waals surface area contributed by atoms with E-state index in [2.05, 4.69) is 9.97 Å². The van der Waals surface area contributed by atoms with E-state index in [9.17, 15) is 14.0 Å². The largest absolute Gasteiger partial charge is 0.495 e. The van der Waals surface area contributed by atoms with Crippen molar-refractivity contribution in [1.82, 2.24) is 14.7 Å². The smallest absolute Gasteiger partial charge is 0.200 e. The van der Waals surface area contributed by atoms with E-state index in [4.69, 9.17) is 14.3 Å². The van der Waals surface area contributed by atoms with Gasteiger partial charge in [-0.05, 0) is 35.4 Å². The molecule has 0 aliphatic heterocycles. The van der Waals surface area contributed by atoms with Gasteiger partial charge in [-0.3, -0.25) is 14.6 Å². The summed E-state index contributed by atoms with van der Waals surface area (Å²) in [5.74, 6) is -0.956. The molecule has 0 aliphatic rings. The Balaban J connectivity index is 1.40. The SMILES string of the molecule is COc1cnc2c(Oc3ccc(CC(=O)c4cn(OC)cc(-c5ccc(F)cc5)c4=O)cc3F)ccnc2c1. The third kappa shape index (κ3) is 5.30. The molecule has 10 heteroatoms. The second-order valence-corrected chi connectivity index (χ2v) is 8.48. The van der Waals surface area contributed by atoms with Crippen molar-refractivity contribution in [3.63, 3.8) is 0 Å². The first kappa shape index (κ1) is 25.5. The lowest BCUT2D eigenvalue weighted by atomic mass is 10.00. The second-order valence-electron chi connectivity index (χ2n) is 8.48. The Labute approximate surface area is 221 Å². The Morgan fingerprint density at radius 1 is 0.949 bits per heavy atom. The van der Waals surface area contributed by atoms with Gasteiger partial charge in [0, 0.05) is 30.3 Å². The van der Waals surface area contributed by atoms with Crippen LogP contribution < -0.4 is 19.7 Å². The standard InChI is InChI=1S/C29H21F2N3O5/c1-37-20-13-24-28(33-14-20)27(9-10-32-24)39-26-8-3-17(11-23(26)31)12-25(35)22-16-34(38-2)15-21(29(22)36)18-4-6-19(30)7-5-18/h3-11,13-16H,12H2,1-2H3. The average Bonchev–Trinajstić information content (AvgIpc) is 2.95. The van der Waals surface area contributed by atoms with Gasteiger partial charge in [0.05, 0.1) is 36.8 Å². The summed E-state index contributed by atoms with van der Waals surface area (Å²) in [5.41, 5.74) is 1.16. The zero-order valence-electron chi connectivity index (χ0n) is 20.9. The summed E-state index contributed by atoms with van der Waals surface area (Å²) in [6, 6.07) is 12.7. The summed E-state index contributed by atoms with van der Waals surface area (Å²) in [7, 11) is 2.89. The molecule has 0 saturated heterocycles. The molecule has 39 heavy (non-hydrogen) atoms. The first-order valence-electron chi connectivity index (χ1n) is 11.7. The summed E-state index contributed by atoms with van der Waals surface area (Å²) in [5, 5.41) is 0. The molecule has 5 aromatic rings. The van der Waals surface area contributed by atoms with E-state index >= 15 is 4.39 Å². The fraction of sp³-hybridized carbons (Fsp3) is 0.103. The minimum absolute atomic E-state index is 0.0728. The second kappa shape index (κ2) is 10.7. The number of nitrogens with zero attached hydrogens (tertiary/aromatic N) is 3. The summed E-state index contributed by atoms with van der Waals surface area (Å²) in [6.45, 7) is 0. The maximum atomic E-state index is 15.0. The third-order valence-electron chi connectivity index (χ3n) is 6.00. The number of benzene rings is 2. The Hall–Kier alpha value is -5.12. The number of methoxy groups -OCH3 is 1. The maximum absolute atomic E-state index is 15.0. The van der Waals surface area contributed by atoms with Crippen molar-refractivity contribution in [2.75, 3.05) is 14.2 Å². The molecule has 0 aliphatic carbocycles. The fourth-order valence-corrected chi connectivity index (χ4v) is 4.01. The van der Waals surface area contributed by atoms with Crippen molar-refractivity contribution in [1.29, 1.82) is 0 Å². The molecule has 0 amide bonds. The number of Topliss-reactive ketones (excluding diaryl/α,β-unsaturated/α-hetero) is 1. The van der Waals surface area contributed by atoms with E-state index in [0.717, 1.165) is 0 Å². The molecule has 196 valence electrons. The number of hydrogen-bond acceptors (Lipinski definition) is 7. The molecule has 0 spiro atoms. The van der Waals surface area contributed by atoms with Crippen LogP contribution in [0, 0.1) is 11.6 Å². The molecule has 0 radical (unpaired) electrons. The van der Waals surface area contributed by atoms with E-state index in [0.29, 0.717) is 33.7 Å². The molecule has 5 rings (SSSR count). The van der Waals surface area contributed by atoms with Gasteiger partial charge in [-0.15, -0.1) is 0 Å². The topological polar surface area (TPSA) is 92.5 Å². The number of ketones is 1. The summed E-state index contributed by atoms with van der Waals surface area (Å²) >= 11 is 0. The summed E-state index contributed by atoms with van der Waals surface area (Å²) in [6.07, 6.45) is 5.44. The predicted molar refractivity (Wildman–Crippen MR) is 139 cm³/mol. The van der Waals surface area contributed by atoms with E-state index in [-0.39, 0.29) is 23.3 Å². The molecule has 8 nitrogen and oxygen atoms in total. The molecule has 0 saturated carbocycles. The van der Waals surface area contributed by atoms with Crippen LogP contribution in [-0.4, -0.2) is 34.7 Å². The molecule has 0 bridgehead atoms. The number of aromatic nitrogens is 3. The zero-order valence-corrected chi connectivity index (χ0v) is 20.9. The third-order valence-corrected chi connectivity index (χ3v) is 6.00. The van der Waals surface area contributed by atoms with Crippen molar-refractivity contribution >= 4 is 16.8 Å². The quantitative estimate of drug-likeness (QED) is 0.261. The zero-order chi connectivity index (χ0) is 27.5. The fourth-order valence-electron chi connectivity index (χ4n) is 4.01. The molecule has 0 fully saturated rings. The van der Waals surface area contributed by atoms with Crippen molar-refractivity contribution < 1.29 is 27.9 Å². The van der Waals surface area contributed by atoms with Gasteiger partial charge in [-0.2, -0.15) is 4.73 Å². The number of pyridine rings is 3. The van der Waals surface area contributed by atoms with Gasteiger partial charge in [0.15, 0.2) is 28.5 Å². The number of hydrogen-bond donors (Lipinski definition) is 0. The number of rotatable bonds is 8. The van der Waals surface area contributed by atoms with Crippen LogP contribution in [0.3, 0.4) is 0 Å². The van der Waals surface area contributed by atoms with E-state index < -0.39 is 22.8 Å². The normalized spacial score (nSPS) is 10.9. The van der Waals surface area contributed by atoms with Gasteiger partial charge < -0.3 is 14.3 Å². The minimum atomic E-state index is -0.701. The Bertz CT molecular complexity index is 1750. The van der Waals surface area contributed by atoms with Crippen molar-refractivity contribution in [3.8, 4) is 28.4 Å². The molecule has 0 unspecified atom stereocenters. The van der Waals surface area contributed by atoms with Gasteiger partial charge in [-0.1, -0.05) is 18.2 Å². The molecule has 3 aromatic heterocycles. The van der Waals surface area contributed by atoms with Crippen molar-refractivity contribution in [2.45, 2.75) is 6.42 Å². The van der Waals surface area contributed by atoms with Gasteiger partial charge >= 0.3 is 0 Å². The summed E-state index contributed by atoms with van der Waals surface area (Å²) < 4.78 is 40.5. The highest BCUT2D eigenvalue weighted by molar-refractivity contribution is 5.98. The van der Waals surface area contributed by atoms with Crippen LogP contribution in [0.5, 0.6) is 17.2 Å². The maximum Gasteiger partial charge on any atom is 0.200 e. The van der Waals surface area contributed by atoms with Crippen LogP contribution in [-0.2, 0) is 6.42 Å². The highest BCUT2D eigenvalue weighted by atomic mass is 19.1. The van der Waals surface area contributed by atoms with Crippen LogP contribution >= 0.6 is 0 Å². The van der Waals surface area contributed by atoms with Crippen LogP contribution in [0.2, 0.25) is 0 Å². The number of carbonyl (C=O) groups excluding carboxylic acids is 1. The Kier molecular flexibility index (Phi) is 7.00. The number of halogens is 2. The predicted octanol–water partition coefficient (Wildman–Crippen LogP) is 5.02. The molecule has 3 heterocycles. The van der Waals surface area contributed by atoms with Gasteiger partial charge in [0.2, 0.25) is 0 Å². The first-order valence-corrected chi connectivity index (χ1v) is 11.7. The Morgan fingerprint density at radius 2 is 1.74 bits per heavy atom. The molecular weight excluding hydrogens is 508 g/mol. The molecule has 0 N–H and O–H groups in total. The highest BCUT2D eigenvalue weighted by Gasteiger charge is 2.18. The molecular formula is C29H21F2N3O5. The molecule has 2 aromatic carbocycles. The lowest BCUT2D eigenvalue weighted by Gasteiger charge is -2.12. The van der Waals surface area contributed by atoms with E-state index in [1.54, 1.807) is 12.1 Å². The summed E-state index contributed by atoms with van der Waals surface area (Å²) in [4.78, 5) is 40.0. The minimum Gasteiger partial charge on any atom is -0.495 e. The van der Waals surface area contributed by atoms with Gasteiger partial charge in [0.1, 0.15) is 24.2 Å². The number of fused-ring (bicyclic) bond motifs is 1. The van der Waals surface area contributed by atoms with Gasteiger partial charge in [-0.25, -0.2) is 13.8 Å². The molecule has 0 atom stereocenters.